The molecule has 0 saturated carbocycles. The monoisotopic (exact) mass is 223 g/mol. The van der Waals surface area contributed by atoms with Crippen LogP contribution in [0.3, 0.4) is 0 Å². The van der Waals surface area contributed by atoms with E-state index in [1.54, 1.807) is 6.07 Å². The maximum Gasteiger partial charge on any atom is 0.123 e. The molecule has 3 aromatic rings. The van der Waals surface area contributed by atoms with Gasteiger partial charge >= 0.3 is 0 Å². The lowest BCUT2D eigenvalue weighted by Crippen LogP contribution is -1.92. The summed E-state index contributed by atoms with van der Waals surface area (Å²) in [6, 6.07) is 15.5. The van der Waals surface area contributed by atoms with Gasteiger partial charge in [0.2, 0.25) is 0 Å². The molecule has 1 nitrogen and oxygen atoms in total. The Balaban J connectivity index is 2.06. The van der Waals surface area contributed by atoms with Crippen molar-refractivity contribution >= 4 is 10.9 Å². The Kier molecular flexibility index (Phi) is 1.57. The molecule has 1 aliphatic heterocycles. The summed E-state index contributed by atoms with van der Waals surface area (Å²) in [6.45, 7) is 0.774. The topological polar surface area (TPSA) is 4.93 Å². The third-order valence-corrected chi connectivity index (χ3v) is 3.48. The molecule has 2 heteroatoms. The number of aromatic nitrogens is 1. The molecule has 2 heterocycles. The molecule has 0 fully saturated rings. The fourth-order valence-electron chi connectivity index (χ4n) is 2.72. The second-order valence-corrected chi connectivity index (χ2v) is 4.48. The molecule has 4 rings (SSSR count). The summed E-state index contributed by atoms with van der Waals surface area (Å²) in [5.41, 5.74) is 4.65. The minimum absolute atomic E-state index is 0.154. The van der Waals surface area contributed by atoms with Gasteiger partial charge in [0, 0.05) is 28.7 Å². The zero-order valence-electron chi connectivity index (χ0n) is 9.15. The molecule has 0 amide bonds. The van der Waals surface area contributed by atoms with Crippen LogP contribution in [0.2, 0.25) is 0 Å². The normalized spacial score (nSPS) is 12.8. The molecule has 0 unspecified atom stereocenters. The Bertz CT molecular complexity index is 740. The van der Waals surface area contributed by atoms with Gasteiger partial charge in [-0.1, -0.05) is 18.2 Å². The van der Waals surface area contributed by atoms with E-state index < -0.39 is 0 Å². The van der Waals surface area contributed by atoms with Gasteiger partial charge in [-0.15, -0.1) is 0 Å². The van der Waals surface area contributed by atoms with Crippen molar-refractivity contribution in [2.45, 2.75) is 6.54 Å². The molecule has 0 radical (unpaired) electrons. The summed E-state index contributed by atoms with van der Waals surface area (Å²) in [5.74, 6) is -0.154. The van der Waals surface area contributed by atoms with E-state index in [1.807, 2.05) is 18.2 Å². The first-order valence-electron chi connectivity index (χ1n) is 5.70. The van der Waals surface area contributed by atoms with E-state index in [0.717, 1.165) is 17.7 Å². The zero-order chi connectivity index (χ0) is 11.4. The molecule has 1 aliphatic rings. The summed E-state index contributed by atoms with van der Waals surface area (Å²) in [4.78, 5) is 0. The van der Waals surface area contributed by atoms with Crippen LogP contribution >= 0.6 is 0 Å². The van der Waals surface area contributed by atoms with E-state index in [4.69, 9.17) is 0 Å². The summed E-state index contributed by atoms with van der Waals surface area (Å²) in [6.07, 6.45) is 0. The molecule has 0 N–H and O–H groups in total. The fourth-order valence-corrected chi connectivity index (χ4v) is 2.72. The van der Waals surface area contributed by atoms with Crippen molar-refractivity contribution in [3.05, 3.63) is 59.9 Å². The van der Waals surface area contributed by atoms with Crippen LogP contribution in [0, 0.1) is 5.82 Å². The Labute approximate surface area is 98.1 Å². The van der Waals surface area contributed by atoms with Crippen molar-refractivity contribution in [3.63, 3.8) is 0 Å². The molecule has 0 saturated heterocycles. The highest BCUT2D eigenvalue weighted by Crippen LogP contribution is 2.37. The SMILES string of the molecule is Fc1ccc2c(c1)Cn1c-2cc2ccccc21. The number of halogens is 1. The van der Waals surface area contributed by atoms with Gasteiger partial charge in [-0.2, -0.15) is 0 Å². The highest BCUT2D eigenvalue weighted by atomic mass is 19.1. The van der Waals surface area contributed by atoms with E-state index in [2.05, 4.69) is 22.8 Å². The van der Waals surface area contributed by atoms with Gasteiger partial charge in [-0.3, -0.25) is 0 Å². The molecule has 0 aliphatic carbocycles. The number of nitrogens with zero attached hydrogens (tertiary/aromatic N) is 1. The van der Waals surface area contributed by atoms with Crippen molar-refractivity contribution < 1.29 is 4.39 Å². The quantitative estimate of drug-likeness (QED) is 0.427. The lowest BCUT2D eigenvalue weighted by Gasteiger charge is -1.99. The van der Waals surface area contributed by atoms with Crippen molar-refractivity contribution in [1.82, 2.24) is 4.57 Å². The largest absolute Gasteiger partial charge is 0.336 e. The maximum absolute atomic E-state index is 13.2. The summed E-state index contributed by atoms with van der Waals surface area (Å²) >= 11 is 0. The van der Waals surface area contributed by atoms with Gasteiger partial charge in [0.05, 0.1) is 0 Å². The van der Waals surface area contributed by atoms with Crippen LogP contribution in [0.25, 0.3) is 22.2 Å². The van der Waals surface area contributed by atoms with E-state index in [-0.39, 0.29) is 5.82 Å². The lowest BCUT2D eigenvalue weighted by atomic mass is 10.1. The van der Waals surface area contributed by atoms with E-state index in [0.29, 0.717) is 0 Å². The number of para-hydroxylation sites is 1. The standard InChI is InChI=1S/C15H10FN/c16-12-5-6-13-11(7-12)9-17-14-4-2-1-3-10(14)8-15(13)17/h1-8H,9H2. The van der Waals surface area contributed by atoms with Gasteiger partial charge < -0.3 is 4.57 Å². The fraction of sp³-hybridized carbons (Fsp3) is 0.0667. The van der Waals surface area contributed by atoms with Crippen LogP contribution in [-0.2, 0) is 6.54 Å². The van der Waals surface area contributed by atoms with Gasteiger partial charge in [0.1, 0.15) is 5.82 Å². The number of fused-ring (bicyclic) bond motifs is 5. The van der Waals surface area contributed by atoms with Crippen LogP contribution in [0.15, 0.2) is 48.5 Å². The first-order valence-corrected chi connectivity index (χ1v) is 5.70. The average molecular weight is 223 g/mol. The second-order valence-electron chi connectivity index (χ2n) is 4.48. The Morgan fingerprint density at radius 1 is 1.00 bits per heavy atom. The second kappa shape index (κ2) is 2.98. The highest BCUT2D eigenvalue weighted by Gasteiger charge is 2.20. The summed E-state index contributed by atoms with van der Waals surface area (Å²) in [5, 5.41) is 1.25. The molecule has 17 heavy (non-hydrogen) atoms. The van der Waals surface area contributed by atoms with Crippen molar-refractivity contribution in [2.75, 3.05) is 0 Å². The summed E-state index contributed by atoms with van der Waals surface area (Å²) < 4.78 is 15.4. The van der Waals surface area contributed by atoms with Crippen LogP contribution in [0.5, 0.6) is 0 Å². The van der Waals surface area contributed by atoms with Crippen molar-refractivity contribution in [2.24, 2.45) is 0 Å². The van der Waals surface area contributed by atoms with Gasteiger partial charge in [0.15, 0.2) is 0 Å². The Morgan fingerprint density at radius 2 is 1.88 bits per heavy atom. The molecule has 0 atom stereocenters. The number of benzene rings is 2. The maximum atomic E-state index is 13.2. The first kappa shape index (κ1) is 8.99. The first-order chi connectivity index (χ1) is 8.33. The zero-order valence-corrected chi connectivity index (χ0v) is 9.15. The van der Waals surface area contributed by atoms with E-state index in [1.165, 1.54) is 22.7 Å². The molecular weight excluding hydrogens is 213 g/mol. The van der Waals surface area contributed by atoms with E-state index >= 15 is 0 Å². The summed E-state index contributed by atoms with van der Waals surface area (Å²) in [7, 11) is 0. The highest BCUT2D eigenvalue weighted by molar-refractivity contribution is 5.89. The number of hydrogen-bond donors (Lipinski definition) is 0. The Hall–Kier alpha value is -2.09. The van der Waals surface area contributed by atoms with E-state index in [9.17, 15) is 4.39 Å². The number of hydrogen-bond acceptors (Lipinski definition) is 0. The molecule has 2 aromatic carbocycles. The molecule has 1 aromatic heterocycles. The molecule has 82 valence electrons. The lowest BCUT2D eigenvalue weighted by molar-refractivity contribution is 0.625. The van der Waals surface area contributed by atoms with Gasteiger partial charge in [-0.05, 0) is 35.9 Å². The molecule has 0 bridgehead atoms. The van der Waals surface area contributed by atoms with Crippen LogP contribution < -0.4 is 0 Å². The van der Waals surface area contributed by atoms with Crippen molar-refractivity contribution in [1.29, 1.82) is 0 Å². The Morgan fingerprint density at radius 3 is 2.82 bits per heavy atom. The van der Waals surface area contributed by atoms with Crippen LogP contribution in [-0.4, -0.2) is 4.57 Å². The third-order valence-electron chi connectivity index (χ3n) is 3.48. The van der Waals surface area contributed by atoms with Crippen LogP contribution in [0.1, 0.15) is 5.56 Å². The smallest absolute Gasteiger partial charge is 0.123 e. The van der Waals surface area contributed by atoms with Crippen LogP contribution in [0.4, 0.5) is 4.39 Å². The molecule has 0 spiro atoms. The van der Waals surface area contributed by atoms with Gasteiger partial charge in [-0.25, -0.2) is 4.39 Å². The van der Waals surface area contributed by atoms with Crippen molar-refractivity contribution in [3.8, 4) is 11.3 Å². The number of rotatable bonds is 0. The predicted molar refractivity (Wildman–Crippen MR) is 66.4 cm³/mol. The third kappa shape index (κ3) is 1.12. The molecular formula is C15H10FN. The average Bonchev–Trinajstić information content (AvgIpc) is 2.84. The predicted octanol–water partition coefficient (Wildman–Crippen LogP) is 3.81. The van der Waals surface area contributed by atoms with Gasteiger partial charge in [0.25, 0.3) is 0 Å². The minimum atomic E-state index is -0.154. The minimum Gasteiger partial charge on any atom is -0.336 e.